The molecule has 2 unspecified atom stereocenters. The molecule has 0 bridgehead atoms. The maximum absolute atomic E-state index is 11.3. The van der Waals surface area contributed by atoms with Crippen LogP contribution in [0.2, 0.25) is 0 Å². The second-order valence-corrected chi connectivity index (χ2v) is 3.25. The largest absolute Gasteiger partial charge is 0.355 e. The minimum atomic E-state index is -0.131. The van der Waals surface area contributed by atoms with Crippen LogP contribution in [0, 0.1) is 23.2 Å². The number of hydrogen-bond donors (Lipinski definition) is 2. The van der Waals surface area contributed by atoms with Gasteiger partial charge in [0.15, 0.2) is 0 Å². The predicted molar refractivity (Wildman–Crippen MR) is 50.6 cm³/mol. The second kappa shape index (κ2) is 6.44. The van der Waals surface area contributed by atoms with Gasteiger partial charge in [-0.3, -0.25) is 4.79 Å². The van der Waals surface area contributed by atoms with Crippen LogP contribution in [0.25, 0.3) is 0 Å². The van der Waals surface area contributed by atoms with E-state index in [1.165, 1.54) is 0 Å². The average molecular weight is 183 g/mol. The fourth-order valence-electron chi connectivity index (χ4n) is 0.855. The average Bonchev–Trinajstić information content (AvgIpc) is 2.13. The molecule has 0 saturated heterocycles. The summed E-state index contributed by atoms with van der Waals surface area (Å²) >= 11 is 0. The van der Waals surface area contributed by atoms with Crippen molar-refractivity contribution in [1.82, 2.24) is 5.32 Å². The van der Waals surface area contributed by atoms with E-state index in [1.54, 1.807) is 6.92 Å². The van der Waals surface area contributed by atoms with Gasteiger partial charge in [0, 0.05) is 12.5 Å². The van der Waals surface area contributed by atoms with Crippen molar-refractivity contribution in [3.05, 3.63) is 0 Å². The number of nitrogens with zero attached hydrogens (tertiary/aromatic N) is 1. The molecule has 0 aliphatic heterocycles. The highest BCUT2D eigenvalue weighted by Gasteiger charge is 2.11. The van der Waals surface area contributed by atoms with Gasteiger partial charge in [0.25, 0.3) is 0 Å². The first-order valence-corrected chi connectivity index (χ1v) is 4.49. The van der Waals surface area contributed by atoms with Crippen molar-refractivity contribution in [2.45, 2.75) is 20.3 Å². The van der Waals surface area contributed by atoms with Gasteiger partial charge in [-0.25, -0.2) is 0 Å². The Bertz CT molecular complexity index is 198. The van der Waals surface area contributed by atoms with Crippen LogP contribution in [0.15, 0.2) is 0 Å². The van der Waals surface area contributed by atoms with E-state index >= 15 is 0 Å². The number of nitriles is 1. The Hall–Kier alpha value is -1.08. The van der Waals surface area contributed by atoms with E-state index in [-0.39, 0.29) is 17.7 Å². The van der Waals surface area contributed by atoms with Crippen molar-refractivity contribution in [3.8, 4) is 6.07 Å². The van der Waals surface area contributed by atoms with E-state index in [1.807, 2.05) is 6.92 Å². The Kier molecular flexibility index (Phi) is 5.90. The molecule has 0 radical (unpaired) electrons. The summed E-state index contributed by atoms with van der Waals surface area (Å²) in [5.41, 5.74) is 5.32. The summed E-state index contributed by atoms with van der Waals surface area (Å²) in [5.74, 6) is -0.211. The number of carbonyl (C=O) groups excluding carboxylic acids is 1. The SMILES string of the molecule is CC(C#N)CNC(=O)C(C)CCN. The molecule has 1 amide bonds. The van der Waals surface area contributed by atoms with Crippen molar-refractivity contribution in [3.63, 3.8) is 0 Å². The Balaban J connectivity index is 3.69. The molecular formula is C9H17N3O. The first kappa shape index (κ1) is 11.9. The highest BCUT2D eigenvalue weighted by atomic mass is 16.1. The molecule has 0 spiro atoms. The zero-order valence-corrected chi connectivity index (χ0v) is 8.21. The lowest BCUT2D eigenvalue weighted by molar-refractivity contribution is -0.124. The Morgan fingerprint density at radius 1 is 1.62 bits per heavy atom. The summed E-state index contributed by atoms with van der Waals surface area (Å²) in [6, 6.07) is 2.05. The van der Waals surface area contributed by atoms with Crippen LogP contribution < -0.4 is 11.1 Å². The van der Waals surface area contributed by atoms with Crippen molar-refractivity contribution in [2.75, 3.05) is 13.1 Å². The lowest BCUT2D eigenvalue weighted by Crippen LogP contribution is -2.33. The lowest BCUT2D eigenvalue weighted by atomic mass is 10.1. The van der Waals surface area contributed by atoms with Crippen LogP contribution in [0.5, 0.6) is 0 Å². The van der Waals surface area contributed by atoms with Crippen LogP contribution in [0.3, 0.4) is 0 Å². The number of carbonyl (C=O) groups is 1. The molecule has 0 aromatic carbocycles. The molecular weight excluding hydrogens is 166 g/mol. The van der Waals surface area contributed by atoms with Gasteiger partial charge >= 0.3 is 0 Å². The molecule has 74 valence electrons. The Morgan fingerprint density at radius 2 is 2.23 bits per heavy atom. The topological polar surface area (TPSA) is 78.9 Å². The van der Waals surface area contributed by atoms with Crippen molar-refractivity contribution >= 4 is 5.91 Å². The van der Waals surface area contributed by atoms with E-state index in [2.05, 4.69) is 11.4 Å². The predicted octanol–water partition coefficient (Wildman–Crippen LogP) is 0.247. The fourth-order valence-corrected chi connectivity index (χ4v) is 0.855. The molecule has 0 fully saturated rings. The molecule has 0 aromatic heterocycles. The summed E-state index contributed by atoms with van der Waals surface area (Å²) in [5, 5.41) is 11.2. The summed E-state index contributed by atoms with van der Waals surface area (Å²) in [6.45, 7) is 4.54. The zero-order valence-electron chi connectivity index (χ0n) is 8.21. The number of amides is 1. The lowest BCUT2D eigenvalue weighted by Gasteiger charge is -2.11. The van der Waals surface area contributed by atoms with Crippen LogP contribution in [-0.2, 0) is 4.79 Å². The molecule has 0 heterocycles. The number of nitrogens with two attached hydrogens (primary N) is 1. The molecule has 0 aliphatic rings. The molecule has 4 nitrogen and oxygen atoms in total. The van der Waals surface area contributed by atoms with E-state index in [9.17, 15) is 4.79 Å². The van der Waals surface area contributed by atoms with E-state index < -0.39 is 0 Å². The van der Waals surface area contributed by atoms with Gasteiger partial charge in [0.05, 0.1) is 12.0 Å². The summed E-state index contributed by atoms with van der Waals surface area (Å²) in [6.07, 6.45) is 0.687. The maximum Gasteiger partial charge on any atom is 0.222 e. The van der Waals surface area contributed by atoms with Gasteiger partial charge in [-0.2, -0.15) is 5.26 Å². The monoisotopic (exact) mass is 183 g/mol. The van der Waals surface area contributed by atoms with Gasteiger partial charge in [0.2, 0.25) is 5.91 Å². The van der Waals surface area contributed by atoms with Crippen LogP contribution in [0.1, 0.15) is 20.3 Å². The maximum atomic E-state index is 11.3. The molecule has 0 saturated carbocycles. The number of nitrogens with one attached hydrogen (secondary N) is 1. The third-order valence-corrected chi connectivity index (χ3v) is 1.85. The summed E-state index contributed by atoms with van der Waals surface area (Å²) in [7, 11) is 0. The molecule has 0 rings (SSSR count). The molecule has 3 N–H and O–H groups in total. The number of rotatable bonds is 5. The molecule has 0 aromatic rings. The first-order valence-electron chi connectivity index (χ1n) is 4.49. The first-order chi connectivity index (χ1) is 6.11. The third-order valence-electron chi connectivity index (χ3n) is 1.85. The zero-order chi connectivity index (χ0) is 10.3. The highest BCUT2D eigenvalue weighted by Crippen LogP contribution is 1.99. The van der Waals surface area contributed by atoms with Crippen molar-refractivity contribution in [1.29, 1.82) is 5.26 Å². The van der Waals surface area contributed by atoms with Gasteiger partial charge in [-0.05, 0) is 19.9 Å². The molecule has 2 atom stereocenters. The van der Waals surface area contributed by atoms with Crippen molar-refractivity contribution in [2.24, 2.45) is 17.6 Å². The van der Waals surface area contributed by atoms with Gasteiger partial charge < -0.3 is 11.1 Å². The normalized spacial score (nSPS) is 14.3. The van der Waals surface area contributed by atoms with E-state index in [4.69, 9.17) is 11.0 Å². The molecule has 4 heteroatoms. The highest BCUT2D eigenvalue weighted by molar-refractivity contribution is 5.78. The minimum absolute atomic E-state index is 0.0208. The van der Waals surface area contributed by atoms with Crippen LogP contribution in [0.4, 0.5) is 0 Å². The fraction of sp³-hybridized carbons (Fsp3) is 0.778. The Labute approximate surface area is 79.1 Å². The van der Waals surface area contributed by atoms with Crippen LogP contribution in [-0.4, -0.2) is 19.0 Å². The molecule has 0 aliphatic carbocycles. The Morgan fingerprint density at radius 3 is 2.69 bits per heavy atom. The molecule has 13 heavy (non-hydrogen) atoms. The second-order valence-electron chi connectivity index (χ2n) is 3.25. The van der Waals surface area contributed by atoms with Crippen molar-refractivity contribution < 1.29 is 4.79 Å². The summed E-state index contributed by atoms with van der Waals surface area (Å²) < 4.78 is 0. The smallest absolute Gasteiger partial charge is 0.222 e. The van der Waals surface area contributed by atoms with E-state index in [0.29, 0.717) is 19.5 Å². The standard InChI is InChI=1S/C9H17N3O/c1-7(5-11)6-12-9(13)8(2)3-4-10/h7-8H,3-4,6,10H2,1-2H3,(H,12,13). The van der Waals surface area contributed by atoms with E-state index in [0.717, 1.165) is 0 Å². The van der Waals surface area contributed by atoms with Gasteiger partial charge in [-0.1, -0.05) is 6.92 Å². The number of hydrogen-bond acceptors (Lipinski definition) is 3. The van der Waals surface area contributed by atoms with Gasteiger partial charge in [-0.15, -0.1) is 0 Å². The summed E-state index contributed by atoms with van der Waals surface area (Å²) in [4.78, 5) is 11.3. The third kappa shape index (κ3) is 5.21. The quantitative estimate of drug-likeness (QED) is 0.641. The van der Waals surface area contributed by atoms with Gasteiger partial charge in [0.1, 0.15) is 0 Å². The van der Waals surface area contributed by atoms with Crippen LogP contribution >= 0.6 is 0 Å². The minimum Gasteiger partial charge on any atom is -0.355 e.